The fourth-order valence-corrected chi connectivity index (χ4v) is 4.76. The van der Waals surface area contributed by atoms with E-state index in [2.05, 4.69) is 44.2 Å². The lowest BCUT2D eigenvalue weighted by molar-refractivity contribution is 0.113. The number of ether oxygens (including phenoxy) is 2. The van der Waals surface area contributed by atoms with Crippen LogP contribution < -0.4 is 9.47 Å². The summed E-state index contributed by atoms with van der Waals surface area (Å²) < 4.78 is 25.1. The van der Waals surface area contributed by atoms with Gasteiger partial charge in [0.15, 0.2) is 0 Å². The second-order valence-corrected chi connectivity index (χ2v) is 8.86. The van der Waals surface area contributed by atoms with Crippen LogP contribution in [0.5, 0.6) is 11.5 Å². The number of fused-ring (bicyclic) bond motifs is 3. The molecule has 2 aromatic carbocycles. The molecule has 1 aliphatic carbocycles. The molecule has 4 rings (SSSR count). The highest BCUT2D eigenvalue weighted by molar-refractivity contribution is 5.49. The Bertz CT molecular complexity index is 843. The third kappa shape index (κ3) is 4.49. The summed E-state index contributed by atoms with van der Waals surface area (Å²) in [6, 6.07) is 16.4. The molecule has 0 aromatic heterocycles. The van der Waals surface area contributed by atoms with Gasteiger partial charge in [-0.2, -0.15) is 0 Å². The summed E-state index contributed by atoms with van der Waals surface area (Å²) >= 11 is 0. The maximum Gasteiger partial charge on any atom is 0.126 e. The van der Waals surface area contributed by atoms with Crippen LogP contribution in [0, 0.1) is 5.92 Å². The molecule has 2 aromatic rings. The number of para-hydroxylation sites is 2. The molecule has 0 bridgehead atoms. The molecule has 29 heavy (non-hydrogen) atoms. The molecule has 154 valence electrons. The minimum absolute atomic E-state index is 0.251. The highest BCUT2D eigenvalue weighted by Gasteiger charge is 2.44. The lowest BCUT2D eigenvalue weighted by Gasteiger charge is -2.25. The van der Waals surface area contributed by atoms with Crippen LogP contribution in [0.1, 0.15) is 56.6 Å². The fraction of sp³-hybridized carbons (Fsp3) is 0.462. The van der Waals surface area contributed by atoms with Gasteiger partial charge in [0, 0.05) is 17.9 Å². The molecule has 1 fully saturated rings. The van der Waals surface area contributed by atoms with E-state index in [1.54, 1.807) is 0 Å². The minimum atomic E-state index is -0.275. The van der Waals surface area contributed by atoms with E-state index in [1.807, 2.05) is 30.3 Å². The topological polar surface area (TPSA) is 18.5 Å². The summed E-state index contributed by atoms with van der Waals surface area (Å²) in [5.74, 6) is 2.85. The van der Waals surface area contributed by atoms with Crippen LogP contribution in [0.15, 0.2) is 60.7 Å². The van der Waals surface area contributed by atoms with Crippen molar-refractivity contribution in [3.63, 3.8) is 0 Å². The van der Waals surface area contributed by atoms with Gasteiger partial charge in [-0.15, -0.1) is 0 Å². The van der Waals surface area contributed by atoms with Gasteiger partial charge in [-0.3, -0.25) is 4.39 Å². The van der Waals surface area contributed by atoms with Crippen molar-refractivity contribution in [1.29, 1.82) is 0 Å². The van der Waals surface area contributed by atoms with Gasteiger partial charge in [0.25, 0.3) is 0 Å². The van der Waals surface area contributed by atoms with Crippen molar-refractivity contribution in [3.05, 3.63) is 71.8 Å². The Kier molecular flexibility index (Phi) is 5.94. The third-order valence-electron chi connectivity index (χ3n) is 6.11. The van der Waals surface area contributed by atoms with Gasteiger partial charge >= 0.3 is 0 Å². The van der Waals surface area contributed by atoms with Crippen molar-refractivity contribution < 1.29 is 13.9 Å². The van der Waals surface area contributed by atoms with Crippen LogP contribution >= 0.6 is 0 Å². The van der Waals surface area contributed by atoms with Gasteiger partial charge in [-0.1, -0.05) is 48.6 Å². The zero-order valence-electron chi connectivity index (χ0n) is 17.4. The van der Waals surface area contributed by atoms with E-state index >= 15 is 0 Å². The van der Waals surface area contributed by atoms with Gasteiger partial charge in [0.2, 0.25) is 0 Å². The van der Waals surface area contributed by atoms with E-state index in [0.717, 1.165) is 42.7 Å². The zero-order valence-corrected chi connectivity index (χ0v) is 17.4. The maximum absolute atomic E-state index is 12.6. The molecule has 0 amide bonds. The predicted molar refractivity (Wildman–Crippen MR) is 116 cm³/mol. The first-order valence-electron chi connectivity index (χ1n) is 10.8. The maximum atomic E-state index is 12.6. The second kappa shape index (κ2) is 8.61. The standard InChI is InChI=1S/C26H31FO2/c1-26(2,29-21-12-4-3-5-13-21)17-7-10-19-15-16-23-24(19)22-14-6-9-20(11-8-18-27)25(22)28-23/h3-7,9-10,12-14,19,23-24H,8,11,15-18H2,1-2H3/b10-7+/t19-,23-,24-/m0/s1. The van der Waals surface area contributed by atoms with Crippen LogP contribution in [-0.2, 0) is 6.42 Å². The monoisotopic (exact) mass is 394 g/mol. The summed E-state index contributed by atoms with van der Waals surface area (Å²) in [5.41, 5.74) is 2.23. The number of halogens is 1. The lowest BCUT2D eigenvalue weighted by atomic mass is 9.87. The van der Waals surface area contributed by atoms with Gasteiger partial charge in [-0.25, -0.2) is 0 Å². The van der Waals surface area contributed by atoms with Crippen molar-refractivity contribution >= 4 is 0 Å². The van der Waals surface area contributed by atoms with Gasteiger partial charge < -0.3 is 9.47 Å². The number of hydrogen-bond donors (Lipinski definition) is 0. The summed E-state index contributed by atoms with van der Waals surface area (Å²) in [4.78, 5) is 0. The molecule has 0 unspecified atom stereocenters. The Hall–Kier alpha value is -2.29. The normalized spacial score (nSPS) is 23.1. The van der Waals surface area contributed by atoms with E-state index in [0.29, 0.717) is 18.3 Å². The van der Waals surface area contributed by atoms with E-state index in [9.17, 15) is 4.39 Å². The number of hydrogen-bond acceptors (Lipinski definition) is 2. The summed E-state index contributed by atoms with van der Waals surface area (Å²) in [6.45, 7) is 3.99. The quantitative estimate of drug-likeness (QED) is 0.467. The molecule has 1 aliphatic heterocycles. The molecule has 1 saturated carbocycles. The number of alkyl halides is 1. The number of benzene rings is 2. The van der Waals surface area contributed by atoms with Gasteiger partial charge in [0.1, 0.15) is 23.2 Å². The van der Waals surface area contributed by atoms with Crippen LogP contribution in [-0.4, -0.2) is 18.4 Å². The highest BCUT2D eigenvalue weighted by Crippen LogP contribution is 2.51. The summed E-state index contributed by atoms with van der Waals surface area (Å²) in [7, 11) is 0. The summed E-state index contributed by atoms with van der Waals surface area (Å²) in [5, 5.41) is 0. The first kappa shape index (κ1) is 20.0. The van der Waals surface area contributed by atoms with Crippen molar-refractivity contribution in [2.45, 2.75) is 63.6 Å². The first-order chi connectivity index (χ1) is 14.1. The van der Waals surface area contributed by atoms with Crippen LogP contribution in [0.4, 0.5) is 4.39 Å². The fourth-order valence-electron chi connectivity index (χ4n) is 4.76. The predicted octanol–water partition coefficient (Wildman–Crippen LogP) is 6.65. The molecule has 2 nitrogen and oxygen atoms in total. The van der Waals surface area contributed by atoms with E-state index in [-0.39, 0.29) is 18.4 Å². The molecule has 2 aliphatic rings. The molecule has 0 radical (unpaired) electrons. The lowest BCUT2D eigenvalue weighted by Crippen LogP contribution is -2.27. The highest BCUT2D eigenvalue weighted by atomic mass is 19.1. The Labute approximate surface area is 173 Å². The summed E-state index contributed by atoms with van der Waals surface area (Å²) in [6.07, 6.45) is 9.33. The number of allylic oxidation sites excluding steroid dienone is 1. The Morgan fingerprint density at radius 3 is 2.72 bits per heavy atom. The minimum Gasteiger partial charge on any atom is -0.489 e. The zero-order chi connectivity index (χ0) is 20.3. The Morgan fingerprint density at radius 1 is 1.10 bits per heavy atom. The Balaban J connectivity index is 1.42. The van der Waals surface area contributed by atoms with Crippen LogP contribution in [0.25, 0.3) is 0 Å². The van der Waals surface area contributed by atoms with Gasteiger partial charge in [0.05, 0.1) is 6.67 Å². The molecule has 3 heteroatoms. The SMILES string of the molecule is CC(C)(C/C=C/[C@H]1CC[C@@H]2Oc3c(CCCF)cccc3[C@@H]21)Oc1ccccc1. The van der Waals surface area contributed by atoms with Crippen molar-refractivity contribution in [1.82, 2.24) is 0 Å². The first-order valence-corrected chi connectivity index (χ1v) is 10.8. The van der Waals surface area contributed by atoms with E-state index in [4.69, 9.17) is 9.47 Å². The average molecular weight is 395 g/mol. The van der Waals surface area contributed by atoms with E-state index in [1.165, 1.54) is 5.56 Å². The molecule has 0 N–H and O–H groups in total. The molecular weight excluding hydrogens is 363 g/mol. The Morgan fingerprint density at radius 2 is 1.93 bits per heavy atom. The smallest absolute Gasteiger partial charge is 0.126 e. The van der Waals surface area contributed by atoms with Crippen molar-refractivity contribution in [2.75, 3.05) is 6.67 Å². The largest absolute Gasteiger partial charge is 0.489 e. The van der Waals surface area contributed by atoms with Crippen molar-refractivity contribution in [3.8, 4) is 11.5 Å². The molecule has 1 heterocycles. The average Bonchev–Trinajstić information content (AvgIpc) is 3.27. The molecule has 3 atom stereocenters. The van der Waals surface area contributed by atoms with Crippen LogP contribution in [0.3, 0.4) is 0 Å². The van der Waals surface area contributed by atoms with E-state index < -0.39 is 0 Å². The molecular formula is C26H31FO2. The van der Waals surface area contributed by atoms with Crippen LogP contribution in [0.2, 0.25) is 0 Å². The van der Waals surface area contributed by atoms with Gasteiger partial charge in [-0.05, 0) is 63.1 Å². The third-order valence-corrected chi connectivity index (χ3v) is 6.11. The molecule has 0 spiro atoms. The number of rotatable bonds is 8. The second-order valence-electron chi connectivity index (χ2n) is 8.86. The number of aryl methyl sites for hydroxylation is 1. The van der Waals surface area contributed by atoms with Crippen molar-refractivity contribution in [2.24, 2.45) is 5.92 Å². The molecule has 0 saturated heterocycles.